The normalized spacial score (nSPS) is 11.7. The predicted octanol–water partition coefficient (Wildman–Crippen LogP) is 4.37. The largest absolute Gasteiger partial charge is 0.494 e. The van der Waals surface area contributed by atoms with Gasteiger partial charge in [-0.15, -0.1) is 22.7 Å². The Morgan fingerprint density at radius 2 is 1.92 bits per heavy atom. The number of thiazole rings is 1. The number of nitrogens with one attached hydrogen (secondary N) is 1. The molecule has 0 aliphatic rings. The molecule has 2 aromatic heterocycles. The molecule has 138 valence electrons. The Balaban J connectivity index is 1.74. The lowest BCUT2D eigenvalue weighted by Crippen LogP contribution is -2.23. The summed E-state index contributed by atoms with van der Waals surface area (Å²) in [6, 6.07) is 9.10. The average molecular weight is 409 g/mol. The summed E-state index contributed by atoms with van der Waals surface area (Å²) >= 11 is 2.97. The Labute approximate surface area is 161 Å². The van der Waals surface area contributed by atoms with Gasteiger partial charge in [-0.3, -0.25) is 0 Å². The van der Waals surface area contributed by atoms with E-state index in [-0.39, 0.29) is 6.54 Å². The first-order valence-electron chi connectivity index (χ1n) is 8.13. The van der Waals surface area contributed by atoms with E-state index in [1.54, 1.807) is 6.07 Å². The van der Waals surface area contributed by atoms with E-state index < -0.39 is 10.0 Å². The van der Waals surface area contributed by atoms with E-state index in [1.165, 1.54) is 22.7 Å². The summed E-state index contributed by atoms with van der Waals surface area (Å²) in [4.78, 5) is 6.39. The van der Waals surface area contributed by atoms with Crippen molar-refractivity contribution in [1.29, 1.82) is 0 Å². The minimum absolute atomic E-state index is 0.232. The van der Waals surface area contributed by atoms with Gasteiger partial charge in [-0.1, -0.05) is 12.1 Å². The van der Waals surface area contributed by atoms with E-state index in [1.807, 2.05) is 50.4 Å². The number of aromatic nitrogens is 1. The lowest BCUT2D eigenvalue weighted by molar-refractivity contribution is 0.340. The van der Waals surface area contributed by atoms with Crippen LogP contribution in [0, 0.1) is 13.8 Å². The fourth-order valence-corrected chi connectivity index (χ4v) is 5.90. The minimum atomic E-state index is -3.58. The first-order chi connectivity index (χ1) is 12.4. The second-order valence-electron chi connectivity index (χ2n) is 5.73. The number of aryl methyl sites for hydroxylation is 2. The van der Waals surface area contributed by atoms with Crippen LogP contribution >= 0.6 is 22.7 Å². The molecule has 26 heavy (non-hydrogen) atoms. The molecule has 0 saturated heterocycles. The van der Waals surface area contributed by atoms with Crippen LogP contribution in [0.3, 0.4) is 0 Å². The number of hydrogen-bond acceptors (Lipinski definition) is 6. The molecular formula is C18H20N2O3S3. The van der Waals surface area contributed by atoms with Crippen molar-refractivity contribution >= 4 is 32.7 Å². The Hall–Kier alpha value is -1.74. The summed E-state index contributed by atoms with van der Waals surface area (Å²) < 4.78 is 33.5. The van der Waals surface area contributed by atoms with E-state index in [2.05, 4.69) is 9.71 Å². The van der Waals surface area contributed by atoms with Crippen molar-refractivity contribution in [2.45, 2.75) is 32.2 Å². The van der Waals surface area contributed by atoms with Gasteiger partial charge in [-0.25, -0.2) is 18.1 Å². The zero-order chi connectivity index (χ0) is 18.7. The number of thiophene rings is 1. The Morgan fingerprint density at radius 1 is 1.19 bits per heavy atom. The van der Waals surface area contributed by atoms with E-state index in [0.717, 1.165) is 31.8 Å². The molecule has 1 N–H and O–H groups in total. The van der Waals surface area contributed by atoms with Gasteiger partial charge >= 0.3 is 0 Å². The Bertz CT molecular complexity index is 989. The number of ether oxygens (including phenoxy) is 1. The molecule has 0 radical (unpaired) electrons. The van der Waals surface area contributed by atoms with Gasteiger partial charge in [0, 0.05) is 22.5 Å². The van der Waals surface area contributed by atoms with Gasteiger partial charge in [0.1, 0.15) is 10.8 Å². The van der Waals surface area contributed by atoms with Gasteiger partial charge < -0.3 is 4.74 Å². The van der Waals surface area contributed by atoms with Crippen molar-refractivity contribution in [2.24, 2.45) is 0 Å². The van der Waals surface area contributed by atoms with Crippen molar-refractivity contribution in [3.63, 3.8) is 0 Å². The molecule has 0 aliphatic carbocycles. The Kier molecular flexibility index (Phi) is 5.76. The molecule has 0 spiro atoms. The molecule has 0 unspecified atom stereocenters. The second kappa shape index (κ2) is 7.87. The van der Waals surface area contributed by atoms with Gasteiger partial charge in [-0.05, 0) is 44.5 Å². The molecule has 0 atom stereocenters. The van der Waals surface area contributed by atoms with Crippen LogP contribution in [0.4, 0.5) is 0 Å². The minimum Gasteiger partial charge on any atom is -0.494 e. The van der Waals surface area contributed by atoms with Crippen molar-refractivity contribution in [2.75, 3.05) is 6.61 Å². The summed E-state index contributed by atoms with van der Waals surface area (Å²) in [5, 5.41) is 2.81. The predicted molar refractivity (Wildman–Crippen MR) is 107 cm³/mol. The first-order valence-corrected chi connectivity index (χ1v) is 11.3. The highest BCUT2D eigenvalue weighted by Crippen LogP contribution is 2.35. The summed E-state index contributed by atoms with van der Waals surface area (Å²) in [7, 11) is -3.58. The topological polar surface area (TPSA) is 68.3 Å². The van der Waals surface area contributed by atoms with E-state index in [4.69, 9.17) is 4.74 Å². The number of nitrogens with zero attached hydrogens (tertiary/aromatic N) is 1. The van der Waals surface area contributed by atoms with Crippen LogP contribution in [0.2, 0.25) is 0 Å². The first kappa shape index (κ1) is 19.0. The zero-order valence-electron chi connectivity index (χ0n) is 14.8. The summed E-state index contributed by atoms with van der Waals surface area (Å²) in [5.74, 6) is 0.774. The standard InChI is InChI=1S/C18H20N2O3S3/c1-4-23-15-7-5-14(6-8-15)10-19-26(21,22)17-9-16(25-13(17)3)18-20-12(2)11-24-18/h5-9,11,19H,4,10H2,1-3H3. The summed E-state index contributed by atoms with van der Waals surface area (Å²) in [5.41, 5.74) is 1.81. The van der Waals surface area contributed by atoms with Crippen LogP contribution in [-0.4, -0.2) is 20.0 Å². The molecule has 0 aliphatic heterocycles. The molecule has 3 rings (SSSR count). The van der Waals surface area contributed by atoms with E-state index in [0.29, 0.717) is 11.5 Å². The molecule has 0 saturated carbocycles. The smallest absolute Gasteiger partial charge is 0.241 e. The average Bonchev–Trinajstić information content (AvgIpc) is 3.21. The molecule has 5 nitrogen and oxygen atoms in total. The van der Waals surface area contributed by atoms with Gasteiger partial charge in [0.2, 0.25) is 10.0 Å². The molecular weight excluding hydrogens is 388 g/mol. The quantitative estimate of drug-likeness (QED) is 0.630. The van der Waals surface area contributed by atoms with Crippen LogP contribution in [-0.2, 0) is 16.6 Å². The number of hydrogen-bond donors (Lipinski definition) is 1. The SMILES string of the molecule is CCOc1ccc(CNS(=O)(=O)c2cc(-c3nc(C)cs3)sc2C)cc1. The lowest BCUT2D eigenvalue weighted by atomic mass is 10.2. The highest BCUT2D eigenvalue weighted by atomic mass is 32.2. The lowest BCUT2D eigenvalue weighted by Gasteiger charge is -2.07. The van der Waals surface area contributed by atoms with Gasteiger partial charge in [0.25, 0.3) is 0 Å². The summed E-state index contributed by atoms with van der Waals surface area (Å²) in [6.45, 7) is 6.50. The van der Waals surface area contributed by atoms with Crippen LogP contribution in [0.5, 0.6) is 5.75 Å². The third-order valence-corrected chi connectivity index (χ3v) is 7.53. The second-order valence-corrected chi connectivity index (χ2v) is 9.58. The highest BCUT2D eigenvalue weighted by Gasteiger charge is 2.21. The number of benzene rings is 1. The molecule has 2 heterocycles. The molecule has 0 amide bonds. The van der Waals surface area contributed by atoms with Crippen molar-refractivity contribution in [1.82, 2.24) is 9.71 Å². The van der Waals surface area contributed by atoms with Gasteiger partial charge in [0.05, 0.1) is 16.4 Å². The third kappa shape index (κ3) is 4.32. The van der Waals surface area contributed by atoms with Gasteiger partial charge in [0.15, 0.2) is 0 Å². The fraction of sp³-hybridized carbons (Fsp3) is 0.278. The monoisotopic (exact) mass is 408 g/mol. The van der Waals surface area contributed by atoms with E-state index in [9.17, 15) is 8.42 Å². The molecule has 3 aromatic rings. The molecule has 8 heteroatoms. The van der Waals surface area contributed by atoms with Crippen molar-refractivity contribution < 1.29 is 13.2 Å². The molecule has 0 fully saturated rings. The summed E-state index contributed by atoms with van der Waals surface area (Å²) in [6.07, 6.45) is 0. The fourth-order valence-electron chi connectivity index (χ4n) is 2.43. The molecule has 0 bridgehead atoms. The maximum Gasteiger partial charge on any atom is 0.241 e. The van der Waals surface area contributed by atoms with Crippen LogP contribution < -0.4 is 9.46 Å². The Morgan fingerprint density at radius 3 is 2.54 bits per heavy atom. The maximum atomic E-state index is 12.7. The zero-order valence-corrected chi connectivity index (χ0v) is 17.2. The highest BCUT2D eigenvalue weighted by molar-refractivity contribution is 7.89. The number of rotatable bonds is 7. The van der Waals surface area contributed by atoms with Gasteiger partial charge in [-0.2, -0.15) is 0 Å². The number of sulfonamides is 1. The van der Waals surface area contributed by atoms with Crippen molar-refractivity contribution in [3.8, 4) is 15.6 Å². The van der Waals surface area contributed by atoms with E-state index >= 15 is 0 Å². The van der Waals surface area contributed by atoms with Crippen LogP contribution in [0.15, 0.2) is 40.6 Å². The van der Waals surface area contributed by atoms with Crippen LogP contribution in [0.25, 0.3) is 9.88 Å². The van der Waals surface area contributed by atoms with Crippen LogP contribution in [0.1, 0.15) is 23.1 Å². The third-order valence-electron chi connectivity index (χ3n) is 3.69. The maximum absolute atomic E-state index is 12.7. The van der Waals surface area contributed by atoms with Crippen molar-refractivity contribution in [3.05, 3.63) is 51.8 Å². The molecule has 1 aromatic carbocycles.